The molecule has 1 N–H and O–H groups in total. The highest BCUT2D eigenvalue weighted by atomic mass is 28.2. The quantitative estimate of drug-likeness (QED) is 0.343. The van der Waals surface area contributed by atoms with Crippen molar-refractivity contribution in [1.29, 1.82) is 0 Å². The Labute approximate surface area is 71.3 Å². The zero-order valence-corrected chi connectivity index (χ0v) is 8.52. The Morgan fingerprint density at radius 1 is 1.36 bits per heavy atom. The summed E-state index contributed by atoms with van der Waals surface area (Å²) in [6.07, 6.45) is 1.19. The van der Waals surface area contributed by atoms with Gasteiger partial charge < -0.3 is 14.8 Å². The summed E-state index contributed by atoms with van der Waals surface area (Å²) in [5.41, 5.74) is 0. The summed E-state index contributed by atoms with van der Waals surface area (Å²) in [5.74, 6) is 0.00635. The highest BCUT2D eigenvalue weighted by Gasteiger charge is 2.04. The summed E-state index contributed by atoms with van der Waals surface area (Å²) in [6, 6.07) is 1.17. The second kappa shape index (κ2) is 8.20. The lowest BCUT2D eigenvalue weighted by Crippen LogP contribution is -2.22. The van der Waals surface area contributed by atoms with E-state index in [4.69, 9.17) is 9.47 Å². The average Bonchev–Trinajstić information content (AvgIpc) is 2.05. The minimum atomic E-state index is 0.00635. The molecule has 66 valence electrons. The molecule has 0 spiro atoms. The number of methoxy groups -OCH3 is 2. The molecule has 0 aliphatic heterocycles. The predicted octanol–water partition coefficient (Wildman–Crippen LogP) is 0.295. The fraction of sp³-hybridized carbons (Fsp3) is 1.00. The van der Waals surface area contributed by atoms with Crippen molar-refractivity contribution in [3.05, 3.63) is 0 Å². The molecule has 0 rings (SSSR count). The zero-order chi connectivity index (χ0) is 8.53. The molecule has 0 aromatic heterocycles. The molecule has 0 unspecified atom stereocenters. The number of hydrogen-bond acceptors (Lipinski definition) is 3. The molecule has 0 heterocycles. The highest BCUT2D eigenvalue weighted by molar-refractivity contribution is 6.36. The summed E-state index contributed by atoms with van der Waals surface area (Å²) in [6.45, 7) is 1.08. The first-order chi connectivity index (χ1) is 5.35. The van der Waals surface area contributed by atoms with Crippen LogP contribution in [0.15, 0.2) is 0 Å². The van der Waals surface area contributed by atoms with Crippen LogP contribution in [0.5, 0.6) is 0 Å². The van der Waals surface area contributed by atoms with Gasteiger partial charge in [0.15, 0.2) is 0 Å². The third-order valence-electron chi connectivity index (χ3n) is 1.34. The molecule has 2 radical (unpaired) electrons. The molecule has 3 nitrogen and oxygen atoms in total. The van der Waals surface area contributed by atoms with Crippen LogP contribution in [0.4, 0.5) is 0 Å². The Hall–Kier alpha value is 0.0969. The maximum Gasteiger partial charge on any atom is 0.136 e. The topological polar surface area (TPSA) is 30.5 Å². The molecule has 0 saturated heterocycles. The van der Waals surface area contributed by atoms with Crippen LogP contribution in [0.1, 0.15) is 6.42 Å². The Kier molecular flexibility index (Phi) is 8.27. The largest absolute Gasteiger partial charge is 0.360 e. The first kappa shape index (κ1) is 11.1. The number of rotatable bonds is 7. The number of nitrogens with one attached hydrogen (secondary N) is 1. The third kappa shape index (κ3) is 6.49. The first-order valence-electron chi connectivity index (χ1n) is 3.78. The molecule has 0 amide bonds. The molecule has 0 saturated carbocycles. The maximum atomic E-state index is 5.05. The predicted molar refractivity (Wildman–Crippen MR) is 46.9 cm³/mol. The van der Waals surface area contributed by atoms with Crippen molar-refractivity contribution in [2.24, 2.45) is 0 Å². The molecule has 0 aromatic carbocycles. The van der Waals surface area contributed by atoms with Crippen molar-refractivity contribution in [3.8, 4) is 0 Å². The van der Waals surface area contributed by atoms with Crippen molar-refractivity contribution in [2.75, 3.05) is 27.8 Å². The van der Waals surface area contributed by atoms with Crippen LogP contribution in [0.25, 0.3) is 0 Å². The summed E-state index contributed by atoms with van der Waals surface area (Å²) in [7, 11) is 6.07. The maximum absolute atomic E-state index is 5.05. The van der Waals surface area contributed by atoms with E-state index >= 15 is 0 Å². The highest BCUT2D eigenvalue weighted by Crippen LogP contribution is 1.94. The molecule has 0 aliphatic carbocycles. The van der Waals surface area contributed by atoms with E-state index in [2.05, 4.69) is 5.32 Å². The van der Waals surface area contributed by atoms with E-state index in [1.807, 2.05) is 7.05 Å². The Morgan fingerprint density at radius 2 is 2.00 bits per heavy atom. The SMILES string of the molecule is CNCCC[Si]C(OC)OC. The van der Waals surface area contributed by atoms with Crippen LogP contribution >= 0.6 is 0 Å². The minimum absolute atomic E-state index is 0.00635. The van der Waals surface area contributed by atoms with Gasteiger partial charge in [-0.25, -0.2) is 0 Å². The molecular weight excluding hydrogens is 158 g/mol. The van der Waals surface area contributed by atoms with Gasteiger partial charge in [0.1, 0.15) is 15.4 Å². The standard InChI is InChI=1S/C7H17NO2Si/c1-8-5-4-6-11-7(9-2)10-3/h7-8H,4-6H2,1-3H3. The molecule has 4 heteroatoms. The van der Waals surface area contributed by atoms with Crippen LogP contribution < -0.4 is 5.32 Å². The minimum Gasteiger partial charge on any atom is -0.360 e. The van der Waals surface area contributed by atoms with Gasteiger partial charge in [0.05, 0.1) is 0 Å². The van der Waals surface area contributed by atoms with Crippen molar-refractivity contribution in [2.45, 2.75) is 18.4 Å². The summed E-state index contributed by atoms with van der Waals surface area (Å²) < 4.78 is 10.1. The number of hydrogen-bond donors (Lipinski definition) is 1. The van der Waals surface area contributed by atoms with E-state index in [1.54, 1.807) is 14.2 Å². The second-order valence-corrected chi connectivity index (χ2v) is 3.59. The molecule has 0 atom stereocenters. The van der Waals surface area contributed by atoms with Gasteiger partial charge in [-0.05, 0) is 20.0 Å². The summed E-state index contributed by atoms with van der Waals surface area (Å²) >= 11 is 0. The Balaban J connectivity index is 3.07. The van der Waals surface area contributed by atoms with Crippen LogP contribution in [0.3, 0.4) is 0 Å². The zero-order valence-electron chi connectivity index (χ0n) is 7.52. The lowest BCUT2D eigenvalue weighted by Gasteiger charge is -2.11. The van der Waals surface area contributed by atoms with Crippen molar-refractivity contribution >= 4 is 9.52 Å². The molecular formula is C7H17NO2Si. The van der Waals surface area contributed by atoms with Gasteiger partial charge in [-0.15, -0.1) is 0 Å². The van der Waals surface area contributed by atoms with Gasteiger partial charge in [0, 0.05) is 14.2 Å². The van der Waals surface area contributed by atoms with Gasteiger partial charge >= 0.3 is 0 Å². The van der Waals surface area contributed by atoms with Gasteiger partial charge in [-0.3, -0.25) is 0 Å². The van der Waals surface area contributed by atoms with Crippen molar-refractivity contribution < 1.29 is 9.47 Å². The molecule has 0 bridgehead atoms. The summed E-state index contributed by atoms with van der Waals surface area (Å²) in [5, 5.41) is 3.10. The second-order valence-electron chi connectivity index (χ2n) is 2.21. The fourth-order valence-electron chi connectivity index (χ4n) is 0.748. The third-order valence-corrected chi connectivity index (χ3v) is 2.79. The van der Waals surface area contributed by atoms with Gasteiger partial charge in [-0.2, -0.15) is 0 Å². The smallest absolute Gasteiger partial charge is 0.136 e. The lowest BCUT2D eigenvalue weighted by atomic mass is 10.5. The first-order valence-corrected chi connectivity index (χ1v) is 5.07. The van der Waals surface area contributed by atoms with E-state index in [9.17, 15) is 0 Å². The van der Waals surface area contributed by atoms with E-state index in [0.29, 0.717) is 0 Å². The van der Waals surface area contributed by atoms with Crippen molar-refractivity contribution in [1.82, 2.24) is 5.32 Å². The average molecular weight is 175 g/mol. The normalized spacial score (nSPS) is 10.9. The van der Waals surface area contributed by atoms with Crippen LogP contribution in [0, 0.1) is 0 Å². The molecule has 0 fully saturated rings. The van der Waals surface area contributed by atoms with Crippen LogP contribution in [0.2, 0.25) is 6.04 Å². The Morgan fingerprint density at radius 3 is 2.45 bits per heavy atom. The molecule has 11 heavy (non-hydrogen) atoms. The van der Waals surface area contributed by atoms with E-state index in [1.165, 1.54) is 12.5 Å². The van der Waals surface area contributed by atoms with Gasteiger partial charge in [0.2, 0.25) is 0 Å². The lowest BCUT2D eigenvalue weighted by molar-refractivity contribution is -0.0441. The fourth-order valence-corrected chi connectivity index (χ4v) is 1.70. The van der Waals surface area contributed by atoms with Crippen LogP contribution in [-0.4, -0.2) is 43.2 Å². The van der Waals surface area contributed by atoms with E-state index < -0.39 is 0 Å². The van der Waals surface area contributed by atoms with Gasteiger partial charge in [0.25, 0.3) is 0 Å². The summed E-state index contributed by atoms with van der Waals surface area (Å²) in [4.78, 5) is 0. The van der Waals surface area contributed by atoms with E-state index in [-0.39, 0.29) is 5.91 Å². The van der Waals surface area contributed by atoms with Gasteiger partial charge in [-0.1, -0.05) is 6.04 Å². The van der Waals surface area contributed by atoms with Crippen molar-refractivity contribution in [3.63, 3.8) is 0 Å². The number of ether oxygens (including phenoxy) is 2. The molecule has 0 aliphatic rings. The monoisotopic (exact) mass is 175 g/mol. The van der Waals surface area contributed by atoms with Crippen LogP contribution in [-0.2, 0) is 9.47 Å². The Bertz CT molecular complexity index is 78.8. The van der Waals surface area contributed by atoms with E-state index in [0.717, 1.165) is 16.1 Å². The molecule has 0 aromatic rings.